The summed E-state index contributed by atoms with van der Waals surface area (Å²) in [6, 6.07) is 101. The fourth-order valence-electron chi connectivity index (χ4n) is 12.4. The predicted octanol–water partition coefficient (Wildman–Crippen LogP) is 19.6. The first-order valence-electron chi connectivity index (χ1n) is 27.4. The molecule has 0 saturated carbocycles. The molecule has 4 aromatic heterocycles. The summed E-state index contributed by atoms with van der Waals surface area (Å²) in [5.74, 6) is 1.68. The number of aromatic nitrogens is 5. The fraction of sp³-hybridized carbons (Fsp3) is 0. The maximum Gasteiger partial charge on any atom is 0.166 e. The Hall–Kier alpha value is -11.0. The van der Waals surface area contributed by atoms with Crippen LogP contribution in [-0.4, -0.2) is 24.1 Å². The number of rotatable bonds is 9. The first kappa shape index (κ1) is 46.2. The smallest absolute Gasteiger partial charge is 0.166 e. The van der Waals surface area contributed by atoms with Crippen molar-refractivity contribution in [2.45, 2.75) is 0 Å². The van der Waals surface area contributed by atoms with E-state index in [4.69, 9.17) is 19.4 Å². The molecule has 0 N–H and O–H groups in total. The summed E-state index contributed by atoms with van der Waals surface area (Å²) < 4.78 is 11.5. The quantitative estimate of drug-likeness (QED) is 0.145. The van der Waals surface area contributed by atoms with Crippen LogP contribution in [0.1, 0.15) is 0 Å². The maximum atomic E-state index is 6.66. The second kappa shape index (κ2) is 18.9. The molecule has 0 spiro atoms. The van der Waals surface area contributed by atoms with E-state index >= 15 is 0 Å². The molecule has 0 bridgehead atoms. The van der Waals surface area contributed by atoms with Crippen LogP contribution < -0.4 is 0 Å². The van der Waals surface area contributed by atoms with Gasteiger partial charge < -0.3 is 13.6 Å². The number of fused-ring (bicyclic) bond motifs is 9. The Labute approximate surface area is 466 Å². The van der Waals surface area contributed by atoms with Gasteiger partial charge in [0.25, 0.3) is 0 Å². The largest absolute Gasteiger partial charge is 0.456 e. The van der Waals surface area contributed by atoms with Crippen molar-refractivity contribution in [1.82, 2.24) is 24.1 Å². The molecule has 16 aromatic rings. The van der Waals surface area contributed by atoms with E-state index in [9.17, 15) is 0 Å². The van der Waals surface area contributed by atoms with Crippen LogP contribution >= 0.6 is 0 Å². The summed E-state index contributed by atoms with van der Waals surface area (Å²) in [5, 5.41) is 6.69. The molecule has 0 radical (unpaired) electrons. The van der Waals surface area contributed by atoms with Crippen molar-refractivity contribution >= 4 is 65.6 Å². The average Bonchev–Trinajstić information content (AvgIpc) is 4.43. The second-order valence-electron chi connectivity index (χ2n) is 20.6. The number of nitrogens with zero attached hydrogens (tertiary/aromatic N) is 5. The topological polar surface area (TPSA) is 61.7 Å². The average molecular weight is 1030 g/mol. The van der Waals surface area contributed by atoms with Gasteiger partial charge in [0, 0.05) is 54.7 Å². The van der Waals surface area contributed by atoms with Crippen LogP contribution in [0.25, 0.3) is 156 Å². The highest BCUT2D eigenvalue weighted by Crippen LogP contribution is 2.46. The van der Waals surface area contributed by atoms with Crippen LogP contribution in [0.2, 0.25) is 0 Å². The van der Waals surface area contributed by atoms with Crippen LogP contribution in [0.15, 0.2) is 290 Å². The third-order valence-electron chi connectivity index (χ3n) is 16.0. The second-order valence-corrected chi connectivity index (χ2v) is 20.6. The Kier molecular flexibility index (Phi) is 10.8. The molecule has 0 aliphatic rings. The minimum absolute atomic E-state index is 0.552. The lowest BCUT2D eigenvalue weighted by Gasteiger charge is -2.15. The van der Waals surface area contributed by atoms with E-state index in [-0.39, 0.29) is 0 Å². The van der Waals surface area contributed by atoms with E-state index in [1.807, 2.05) is 30.3 Å². The minimum atomic E-state index is 0.552. The third kappa shape index (κ3) is 7.60. The molecule has 4 heterocycles. The fourth-order valence-corrected chi connectivity index (χ4v) is 12.4. The molecule has 0 amide bonds. The van der Waals surface area contributed by atoms with Gasteiger partial charge in [-0.1, -0.05) is 224 Å². The summed E-state index contributed by atoms with van der Waals surface area (Å²) in [7, 11) is 0. The summed E-state index contributed by atoms with van der Waals surface area (Å²) in [4.78, 5) is 16.4. The highest BCUT2D eigenvalue weighted by molar-refractivity contribution is 6.23. The number of hydrogen-bond acceptors (Lipinski definition) is 4. The summed E-state index contributed by atoms with van der Waals surface area (Å²) in [5.41, 5.74) is 19.8. The van der Waals surface area contributed by atoms with Crippen LogP contribution in [0.4, 0.5) is 0 Å². The molecule has 0 unspecified atom stereocenters. The Morgan fingerprint density at radius 1 is 0.247 bits per heavy atom. The van der Waals surface area contributed by atoms with E-state index in [0.717, 1.165) is 105 Å². The standard InChI is InChI=1S/C75H47N5O/c1-5-21-48(22-6-1)50-41-43-52(44-42-50)73-76-74(78-75(77-73)61-34-20-40-68-72(61)71-55(31-19-39-67(71)81-68)51-25-9-3-10-26-51)60-30-14-16-36-63(60)80-62-35-15-13-29-58(62)69-56(33-18-38-65(69)80)57-32-17-37-64-70(57)59-46-45-53(49-23-7-2-8-24-49)47-66(59)79(64)54-27-11-4-12-28-54/h1-47H. The highest BCUT2D eigenvalue weighted by Gasteiger charge is 2.25. The van der Waals surface area contributed by atoms with E-state index in [1.54, 1.807) is 0 Å². The zero-order chi connectivity index (χ0) is 53.4. The van der Waals surface area contributed by atoms with Crippen LogP contribution in [0.5, 0.6) is 0 Å². The van der Waals surface area contributed by atoms with Crippen molar-refractivity contribution in [3.63, 3.8) is 0 Å². The zero-order valence-electron chi connectivity index (χ0n) is 43.8. The van der Waals surface area contributed by atoms with Crippen molar-refractivity contribution in [2.24, 2.45) is 0 Å². The molecular formula is C75H47N5O. The molecular weight excluding hydrogens is 987 g/mol. The Bertz CT molecular complexity index is 5080. The van der Waals surface area contributed by atoms with Gasteiger partial charge in [-0.05, 0) is 105 Å². The minimum Gasteiger partial charge on any atom is -0.456 e. The van der Waals surface area contributed by atoms with Crippen molar-refractivity contribution in [3.8, 4) is 90.0 Å². The van der Waals surface area contributed by atoms with Gasteiger partial charge in [0.1, 0.15) is 11.2 Å². The normalized spacial score (nSPS) is 11.7. The lowest BCUT2D eigenvalue weighted by atomic mass is 9.95. The van der Waals surface area contributed by atoms with Gasteiger partial charge in [-0.15, -0.1) is 0 Å². The summed E-state index contributed by atoms with van der Waals surface area (Å²) in [6.45, 7) is 0. The molecule has 0 aliphatic carbocycles. The molecule has 16 rings (SSSR count). The van der Waals surface area contributed by atoms with Gasteiger partial charge in [-0.25, -0.2) is 15.0 Å². The molecule has 0 saturated heterocycles. The van der Waals surface area contributed by atoms with Crippen molar-refractivity contribution in [1.29, 1.82) is 0 Å². The van der Waals surface area contributed by atoms with E-state index in [0.29, 0.717) is 17.5 Å². The van der Waals surface area contributed by atoms with Crippen molar-refractivity contribution < 1.29 is 4.42 Å². The molecule has 81 heavy (non-hydrogen) atoms. The number of furan rings is 1. The highest BCUT2D eigenvalue weighted by atomic mass is 16.3. The maximum absolute atomic E-state index is 6.66. The van der Waals surface area contributed by atoms with E-state index < -0.39 is 0 Å². The van der Waals surface area contributed by atoms with Crippen LogP contribution in [0.3, 0.4) is 0 Å². The Morgan fingerprint density at radius 3 is 1.38 bits per heavy atom. The van der Waals surface area contributed by atoms with Crippen LogP contribution in [-0.2, 0) is 0 Å². The predicted molar refractivity (Wildman–Crippen MR) is 334 cm³/mol. The van der Waals surface area contributed by atoms with E-state index in [1.165, 1.54) is 32.8 Å². The molecule has 12 aromatic carbocycles. The first-order chi connectivity index (χ1) is 40.2. The SMILES string of the molecule is c1ccc(-c2ccc(-c3nc(-c4ccccc4-n4c5ccccc5c5c(-c6cccc7c6c6ccc(-c8ccccc8)cc6n7-c6ccccc6)cccc54)nc(-c4cccc5oc6cccc(-c7ccccc7)c6c45)n3)cc2)cc1. The van der Waals surface area contributed by atoms with E-state index in [2.05, 4.69) is 264 Å². The molecule has 0 aliphatic heterocycles. The first-order valence-corrected chi connectivity index (χ1v) is 27.4. The van der Waals surface area contributed by atoms with Gasteiger partial charge in [0.05, 0.1) is 27.8 Å². The van der Waals surface area contributed by atoms with Crippen molar-refractivity contribution in [3.05, 3.63) is 285 Å². The summed E-state index contributed by atoms with van der Waals surface area (Å²) in [6.07, 6.45) is 0. The zero-order valence-corrected chi connectivity index (χ0v) is 43.8. The lowest BCUT2D eigenvalue weighted by molar-refractivity contribution is 0.669. The van der Waals surface area contributed by atoms with Gasteiger partial charge >= 0.3 is 0 Å². The van der Waals surface area contributed by atoms with Gasteiger partial charge in [0.2, 0.25) is 0 Å². The lowest BCUT2D eigenvalue weighted by Crippen LogP contribution is -2.03. The number of hydrogen-bond donors (Lipinski definition) is 0. The van der Waals surface area contributed by atoms with Gasteiger partial charge in [-0.2, -0.15) is 0 Å². The Morgan fingerprint density at radius 2 is 0.691 bits per heavy atom. The Balaban J connectivity index is 0.920. The molecule has 378 valence electrons. The van der Waals surface area contributed by atoms with Crippen LogP contribution in [0, 0.1) is 0 Å². The van der Waals surface area contributed by atoms with Crippen molar-refractivity contribution in [2.75, 3.05) is 0 Å². The molecule has 0 atom stereocenters. The van der Waals surface area contributed by atoms with Gasteiger partial charge in [-0.3, -0.25) is 0 Å². The third-order valence-corrected chi connectivity index (χ3v) is 16.0. The van der Waals surface area contributed by atoms with Gasteiger partial charge in [0.15, 0.2) is 17.5 Å². The summed E-state index contributed by atoms with van der Waals surface area (Å²) >= 11 is 0. The monoisotopic (exact) mass is 1030 g/mol. The molecule has 0 fully saturated rings. The molecule has 6 heteroatoms. The molecule has 6 nitrogen and oxygen atoms in total. The number of para-hydroxylation sites is 3. The number of benzene rings is 12.